The molecule has 0 bridgehead atoms. The maximum Gasteiger partial charge on any atom is 0.245 e. The predicted molar refractivity (Wildman–Crippen MR) is 84.4 cm³/mol. The number of fused-ring (bicyclic) bond motifs is 1. The fourth-order valence-electron chi connectivity index (χ4n) is 2.91. The number of sulfonamides is 1. The molecule has 0 saturated carbocycles. The molecule has 0 fully saturated rings. The van der Waals surface area contributed by atoms with Crippen molar-refractivity contribution in [3.63, 3.8) is 0 Å². The average molecular weight is 336 g/mol. The molecule has 0 amide bonds. The quantitative estimate of drug-likeness (QED) is 0.821. The molecular formula is C15H20N4O3S. The summed E-state index contributed by atoms with van der Waals surface area (Å²) in [4.78, 5) is 8.56. The van der Waals surface area contributed by atoms with Crippen molar-refractivity contribution in [1.29, 1.82) is 0 Å². The highest BCUT2D eigenvalue weighted by Crippen LogP contribution is 2.30. The van der Waals surface area contributed by atoms with Gasteiger partial charge in [0.05, 0.1) is 12.6 Å². The maximum absolute atomic E-state index is 12.8. The number of aromatic nitrogens is 3. The van der Waals surface area contributed by atoms with Crippen molar-refractivity contribution >= 4 is 10.0 Å². The van der Waals surface area contributed by atoms with Gasteiger partial charge in [-0.1, -0.05) is 0 Å². The van der Waals surface area contributed by atoms with Crippen molar-refractivity contribution in [1.82, 2.24) is 18.8 Å². The SMILES string of the molecule is COCCc1cnc2n1CCN(S(=O)(=O)c1cccnc1)C2C. The molecule has 124 valence electrons. The van der Waals surface area contributed by atoms with Crippen LogP contribution >= 0.6 is 0 Å². The van der Waals surface area contributed by atoms with E-state index in [1.165, 1.54) is 10.5 Å². The first-order valence-corrected chi connectivity index (χ1v) is 8.95. The van der Waals surface area contributed by atoms with E-state index in [1.54, 1.807) is 25.4 Å². The first-order chi connectivity index (χ1) is 11.1. The van der Waals surface area contributed by atoms with Crippen LogP contribution in [0.4, 0.5) is 0 Å². The topological polar surface area (TPSA) is 77.3 Å². The first kappa shape index (κ1) is 16.1. The van der Waals surface area contributed by atoms with Gasteiger partial charge in [-0.05, 0) is 19.1 Å². The molecule has 2 aromatic rings. The lowest BCUT2D eigenvalue weighted by atomic mass is 10.2. The highest BCUT2D eigenvalue weighted by molar-refractivity contribution is 7.89. The summed E-state index contributed by atoms with van der Waals surface area (Å²) in [7, 11) is -1.90. The molecule has 0 radical (unpaired) electrons. The second-order valence-electron chi connectivity index (χ2n) is 5.48. The lowest BCUT2D eigenvalue weighted by Crippen LogP contribution is -2.41. The van der Waals surface area contributed by atoms with Crippen LogP contribution in [-0.4, -0.2) is 47.5 Å². The van der Waals surface area contributed by atoms with Gasteiger partial charge in [0.15, 0.2) is 0 Å². The van der Waals surface area contributed by atoms with Crippen LogP contribution < -0.4 is 0 Å². The normalized spacial score (nSPS) is 18.8. The lowest BCUT2D eigenvalue weighted by molar-refractivity contribution is 0.198. The molecule has 3 heterocycles. The number of pyridine rings is 1. The Bertz CT molecular complexity index is 773. The van der Waals surface area contributed by atoms with Gasteiger partial charge in [-0.15, -0.1) is 0 Å². The summed E-state index contributed by atoms with van der Waals surface area (Å²) < 4.78 is 34.3. The van der Waals surface area contributed by atoms with Gasteiger partial charge in [0.2, 0.25) is 10.0 Å². The van der Waals surface area contributed by atoms with E-state index >= 15 is 0 Å². The van der Waals surface area contributed by atoms with E-state index in [2.05, 4.69) is 14.5 Å². The van der Waals surface area contributed by atoms with Gasteiger partial charge in [-0.3, -0.25) is 4.98 Å². The standard InChI is InChI=1S/C15H20N4O3S/c1-12-15-17-10-13(5-9-22-2)18(15)7-8-19(12)23(20,21)14-4-3-6-16-11-14/h3-4,6,10-12H,5,7-9H2,1-2H3. The largest absolute Gasteiger partial charge is 0.384 e. The molecule has 8 heteroatoms. The third-order valence-electron chi connectivity index (χ3n) is 4.12. The van der Waals surface area contributed by atoms with Crippen LogP contribution in [0.2, 0.25) is 0 Å². The predicted octanol–water partition coefficient (Wildman–Crippen LogP) is 1.23. The molecule has 2 aromatic heterocycles. The molecular weight excluding hydrogens is 316 g/mol. The van der Waals surface area contributed by atoms with Crippen molar-refractivity contribution < 1.29 is 13.2 Å². The van der Waals surface area contributed by atoms with Gasteiger partial charge in [-0.2, -0.15) is 4.31 Å². The third kappa shape index (κ3) is 2.89. The molecule has 0 aromatic carbocycles. The maximum atomic E-state index is 12.8. The van der Waals surface area contributed by atoms with Crippen LogP contribution in [0, 0.1) is 0 Å². The monoisotopic (exact) mass is 336 g/mol. The van der Waals surface area contributed by atoms with Gasteiger partial charge < -0.3 is 9.30 Å². The lowest BCUT2D eigenvalue weighted by Gasteiger charge is -2.33. The second kappa shape index (κ2) is 6.38. The fourth-order valence-corrected chi connectivity index (χ4v) is 4.46. The minimum atomic E-state index is -3.57. The van der Waals surface area contributed by atoms with E-state index in [4.69, 9.17) is 4.74 Å². The average Bonchev–Trinajstić information content (AvgIpc) is 2.98. The van der Waals surface area contributed by atoms with Gasteiger partial charge in [0.25, 0.3) is 0 Å². The Hall–Kier alpha value is -1.77. The second-order valence-corrected chi connectivity index (χ2v) is 7.37. The molecule has 0 aliphatic carbocycles. The van der Waals surface area contributed by atoms with E-state index in [-0.39, 0.29) is 10.9 Å². The zero-order valence-corrected chi connectivity index (χ0v) is 14.0. The smallest absolute Gasteiger partial charge is 0.245 e. The molecule has 1 atom stereocenters. The summed E-state index contributed by atoms with van der Waals surface area (Å²) in [6.45, 7) is 3.50. The van der Waals surface area contributed by atoms with Crippen LogP contribution in [0.25, 0.3) is 0 Å². The number of nitrogens with zero attached hydrogens (tertiary/aromatic N) is 4. The van der Waals surface area contributed by atoms with Gasteiger partial charge in [0, 0.05) is 50.9 Å². The first-order valence-electron chi connectivity index (χ1n) is 7.51. The van der Waals surface area contributed by atoms with E-state index < -0.39 is 10.0 Å². The van der Waals surface area contributed by atoms with Gasteiger partial charge in [0.1, 0.15) is 10.7 Å². The molecule has 0 saturated heterocycles. The number of hydrogen-bond donors (Lipinski definition) is 0. The van der Waals surface area contributed by atoms with Crippen molar-refractivity contribution in [3.05, 3.63) is 42.2 Å². The molecule has 0 spiro atoms. The highest BCUT2D eigenvalue weighted by Gasteiger charge is 2.35. The summed E-state index contributed by atoms with van der Waals surface area (Å²) in [6.07, 6.45) is 5.53. The summed E-state index contributed by atoms with van der Waals surface area (Å²) in [6, 6.07) is 2.89. The third-order valence-corrected chi connectivity index (χ3v) is 6.08. The summed E-state index contributed by atoms with van der Waals surface area (Å²) in [5.74, 6) is 0.773. The minimum Gasteiger partial charge on any atom is -0.384 e. The zero-order valence-electron chi connectivity index (χ0n) is 13.2. The molecule has 1 unspecified atom stereocenters. The van der Waals surface area contributed by atoms with Crippen molar-refractivity contribution in [2.75, 3.05) is 20.3 Å². The highest BCUT2D eigenvalue weighted by atomic mass is 32.2. The van der Waals surface area contributed by atoms with E-state index in [0.29, 0.717) is 19.7 Å². The Labute approximate surface area is 136 Å². The zero-order chi connectivity index (χ0) is 16.4. The van der Waals surface area contributed by atoms with Crippen LogP contribution in [0.3, 0.4) is 0 Å². The number of imidazole rings is 1. The molecule has 23 heavy (non-hydrogen) atoms. The molecule has 0 N–H and O–H groups in total. The summed E-state index contributed by atoms with van der Waals surface area (Å²) in [5, 5.41) is 0. The van der Waals surface area contributed by atoms with E-state index in [1.807, 2.05) is 13.1 Å². The molecule has 3 rings (SSSR count). The Morgan fingerprint density at radius 1 is 1.35 bits per heavy atom. The van der Waals surface area contributed by atoms with Gasteiger partial charge in [-0.25, -0.2) is 13.4 Å². The van der Waals surface area contributed by atoms with Crippen molar-refractivity contribution in [2.24, 2.45) is 0 Å². The Kier molecular flexibility index (Phi) is 4.47. The van der Waals surface area contributed by atoms with Crippen LogP contribution in [0.1, 0.15) is 24.5 Å². The number of ether oxygens (including phenoxy) is 1. The minimum absolute atomic E-state index is 0.214. The number of methoxy groups -OCH3 is 1. The molecule has 7 nitrogen and oxygen atoms in total. The molecule has 1 aliphatic rings. The van der Waals surface area contributed by atoms with Crippen LogP contribution in [0.5, 0.6) is 0 Å². The van der Waals surface area contributed by atoms with Gasteiger partial charge >= 0.3 is 0 Å². The number of hydrogen-bond acceptors (Lipinski definition) is 5. The summed E-state index contributed by atoms with van der Waals surface area (Å²) in [5.41, 5.74) is 1.08. The molecule has 1 aliphatic heterocycles. The van der Waals surface area contributed by atoms with Crippen LogP contribution in [-0.2, 0) is 27.7 Å². The van der Waals surface area contributed by atoms with Crippen LogP contribution in [0.15, 0.2) is 35.6 Å². The Balaban J connectivity index is 1.90. The van der Waals surface area contributed by atoms with Crippen molar-refractivity contribution in [2.45, 2.75) is 30.8 Å². The Morgan fingerprint density at radius 2 is 2.17 bits per heavy atom. The van der Waals surface area contributed by atoms with E-state index in [9.17, 15) is 8.42 Å². The summed E-state index contributed by atoms with van der Waals surface area (Å²) >= 11 is 0. The van der Waals surface area contributed by atoms with Crippen molar-refractivity contribution in [3.8, 4) is 0 Å². The number of rotatable bonds is 5. The Morgan fingerprint density at radius 3 is 2.87 bits per heavy atom. The van der Waals surface area contributed by atoms with E-state index in [0.717, 1.165) is 17.9 Å². The fraction of sp³-hybridized carbons (Fsp3) is 0.467.